The number of fused-ring (bicyclic) bond motifs is 1. The van der Waals surface area contributed by atoms with E-state index in [-0.39, 0.29) is 6.79 Å². The molecule has 0 radical (unpaired) electrons. The minimum Gasteiger partial charge on any atom is -0.480 e. The maximum Gasteiger partial charge on any atom is 0.329 e. The van der Waals surface area contributed by atoms with Crippen LogP contribution < -0.4 is 14.8 Å². The number of hydrogen-bond acceptors (Lipinski definition) is 4. The van der Waals surface area contributed by atoms with Crippen molar-refractivity contribution in [1.82, 2.24) is 4.90 Å². The van der Waals surface area contributed by atoms with Crippen molar-refractivity contribution in [2.45, 2.75) is 25.3 Å². The Morgan fingerprint density at radius 2 is 2.10 bits per heavy atom. The smallest absolute Gasteiger partial charge is 0.329 e. The first-order valence-electron chi connectivity index (χ1n) is 6.72. The maximum atomic E-state index is 12.3. The number of carbonyl (C=O) groups excluding carboxylic acids is 1. The van der Waals surface area contributed by atoms with E-state index in [0.717, 1.165) is 0 Å². The topological polar surface area (TPSA) is 88.1 Å². The second-order valence-corrected chi connectivity index (χ2v) is 5.33. The van der Waals surface area contributed by atoms with Gasteiger partial charge in [-0.1, -0.05) is 0 Å². The molecule has 112 valence electrons. The molecule has 7 nitrogen and oxygen atoms in total. The Morgan fingerprint density at radius 1 is 1.33 bits per heavy atom. The van der Waals surface area contributed by atoms with E-state index >= 15 is 0 Å². The molecule has 1 atom stereocenters. The Kier molecular flexibility index (Phi) is 3.12. The number of urea groups is 1. The summed E-state index contributed by atoms with van der Waals surface area (Å²) in [5.41, 5.74) is -0.607. The molecular formula is C14H16N2O5. The van der Waals surface area contributed by atoms with Crippen molar-refractivity contribution in [2.24, 2.45) is 0 Å². The van der Waals surface area contributed by atoms with Gasteiger partial charge in [0.2, 0.25) is 6.79 Å². The molecule has 1 aromatic carbocycles. The molecule has 0 saturated carbocycles. The molecule has 0 bridgehead atoms. The normalized spacial score (nSPS) is 23.2. The molecule has 1 fully saturated rings. The van der Waals surface area contributed by atoms with E-state index in [1.54, 1.807) is 25.1 Å². The third-order valence-electron chi connectivity index (χ3n) is 3.97. The van der Waals surface area contributed by atoms with Crippen LogP contribution in [0.2, 0.25) is 0 Å². The highest BCUT2D eigenvalue weighted by atomic mass is 16.7. The molecule has 0 aromatic heterocycles. The van der Waals surface area contributed by atoms with Crippen LogP contribution in [0.25, 0.3) is 0 Å². The molecule has 2 heterocycles. The lowest BCUT2D eigenvalue weighted by atomic mass is 10.00. The highest BCUT2D eigenvalue weighted by Crippen LogP contribution is 2.35. The first kappa shape index (κ1) is 13.5. The molecule has 3 rings (SSSR count). The van der Waals surface area contributed by atoms with Gasteiger partial charge in [0.15, 0.2) is 11.5 Å². The molecule has 2 N–H and O–H groups in total. The SMILES string of the molecule is CC1(C(=O)O)CCCN1C(=O)Nc1ccc2c(c1)OCO2. The summed E-state index contributed by atoms with van der Waals surface area (Å²) in [6.07, 6.45) is 1.13. The van der Waals surface area contributed by atoms with Crippen molar-refractivity contribution in [2.75, 3.05) is 18.7 Å². The van der Waals surface area contributed by atoms with Gasteiger partial charge in [-0.2, -0.15) is 0 Å². The van der Waals surface area contributed by atoms with Crippen molar-refractivity contribution >= 4 is 17.7 Å². The van der Waals surface area contributed by atoms with Crippen LogP contribution in [0.4, 0.5) is 10.5 Å². The third kappa shape index (κ3) is 2.24. The summed E-state index contributed by atoms with van der Waals surface area (Å²) in [6, 6.07) is 4.64. The minimum absolute atomic E-state index is 0.163. The monoisotopic (exact) mass is 292 g/mol. The Labute approximate surface area is 121 Å². The number of hydrogen-bond donors (Lipinski definition) is 2. The lowest BCUT2D eigenvalue weighted by molar-refractivity contribution is -0.146. The first-order valence-corrected chi connectivity index (χ1v) is 6.72. The largest absolute Gasteiger partial charge is 0.480 e. The van der Waals surface area contributed by atoms with Gasteiger partial charge in [0.25, 0.3) is 0 Å². The molecule has 21 heavy (non-hydrogen) atoms. The number of amides is 2. The van der Waals surface area contributed by atoms with E-state index in [0.29, 0.717) is 36.6 Å². The highest BCUT2D eigenvalue weighted by Gasteiger charge is 2.46. The second-order valence-electron chi connectivity index (χ2n) is 5.33. The van der Waals surface area contributed by atoms with Gasteiger partial charge >= 0.3 is 12.0 Å². The molecular weight excluding hydrogens is 276 g/mol. The van der Waals surface area contributed by atoms with E-state index in [9.17, 15) is 14.7 Å². The molecule has 1 unspecified atom stereocenters. The second kappa shape index (κ2) is 4.83. The molecule has 1 aromatic rings. The molecule has 1 saturated heterocycles. The fourth-order valence-corrected chi connectivity index (χ4v) is 2.68. The Balaban J connectivity index is 1.76. The van der Waals surface area contributed by atoms with Crippen LogP contribution in [-0.2, 0) is 4.79 Å². The number of nitrogens with zero attached hydrogens (tertiary/aromatic N) is 1. The molecule has 0 spiro atoms. The van der Waals surface area contributed by atoms with Crippen molar-refractivity contribution in [1.29, 1.82) is 0 Å². The quantitative estimate of drug-likeness (QED) is 0.869. The zero-order valence-electron chi connectivity index (χ0n) is 11.6. The van der Waals surface area contributed by atoms with Gasteiger partial charge in [-0.15, -0.1) is 0 Å². The summed E-state index contributed by atoms with van der Waals surface area (Å²) in [5.74, 6) is 0.209. The molecule has 2 aliphatic heterocycles. The van der Waals surface area contributed by atoms with Crippen LogP contribution in [0.15, 0.2) is 18.2 Å². The summed E-state index contributed by atoms with van der Waals surface area (Å²) >= 11 is 0. The Morgan fingerprint density at radius 3 is 2.86 bits per heavy atom. The number of benzene rings is 1. The molecule has 7 heteroatoms. The third-order valence-corrected chi connectivity index (χ3v) is 3.97. The zero-order chi connectivity index (χ0) is 15.0. The number of aliphatic carboxylic acids is 1. The van der Waals surface area contributed by atoms with E-state index in [1.807, 2.05) is 0 Å². The van der Waals surface area contributed by atoms with E-state index in [1.165, 1.54) is 4.90 Å². The highest BCUT2D eigenvalue weighted by molar-refractivity contribution is 5.94. The van der Waals surface area contributed by atoms with Gasteiger partial charge in [0, 0.05) is 18.3 Å². The number of likely N-dealkylation sites (tertiary alicyclic amines) is 1. The van der Waals surface area contributed by atoms with Gasteiger partial charge < -0.3 is 24.8 Å². The van der Waals surface area contributed by atoms with E-state index in [4.69, 9.17) is 9.47 Å². The van der Waals surface area contributed by atoms with Crippen LogP contribution in [0.3, 0.4) is 0 Å². The van der Waals surface area contributed by atoms with Crippen LogP contribution in [-0.4, -0.2) is 40.9 Å². The Bertz CT molecular complexity index is 603. The number of nitrogens with one attached hydrogen (secondary N) is 1. The number of ether oxygens (including phenoxy) is 2. The van der Waals surface area contributed by atoms with Gasteiger partial charge in [0.05, 0.1) is 0 Å². The van der Waals surface area contributed by atoms with Crippen LogP contribution in [0, 0.1) is 0 Å². The van der Waals surface area contributed by atoms with E-state index < -0.39 is 17.5 Å². The molecule has 2 aliphatic rings. The predicted octanol–water partition coefficient (Wildman–Crippen LogP) is 1.89. The van der Waals surface area contributed by atoms with Gasteiger partial charge in [-0.25, -0.2) is 9.59 Å². The lowest BCUT2D eigenvalue weighted by Crippen LogP contribution is -2.52. The maximum absolute atomic E-state index is 12.3. The average Bonchev–Trinajstić information content (AvgIpc) is 3.05. The molecule has 2 amide bonds. The fourth-order valence-electron chi connectivity index (χ4n) is 2.68. The van der Waals surface area contributed by atoms with Crippen LogP contribution >= 0.6 is 0 Å². The van der Waals surface area contributed by atoms with Crippen molar-refractivity contribution in [3.8, 4) is 11.5 Å². The summed E-state index contributed by atoms with van der Waals surface area (Å²) in [4.78, 5) is 25.1. The predicted molar refractivity (Wildman–Crippen MR) is 73.6 cm³/mol. The van der Waals surface area contributed by atoms with Gasteiger partial charge in [0.1, 0.15) is 5.54 Å². The zero-order valence-corrected chi connectivity index (χ0v) is 11.6. The standard InChI is InChI=1S/C14H16N2O5/c1-14(12(17)18)5-2-6-16(14)13(19)15-9-3-4-10-11(7-9)21-8-20-10/h3-4,7H,2,5-6,8H2,1H3,(H,15,19)(H,17,18). The number of rotatable bonds is 2. The number of carbonyl (C=O) groups is 2. The van der Waals surface area contributed by atoms with Crippen LogP contribution in [0.1, 0.15) is 19.8 Å². The lowest BCUT2D eigenvalue weighted by Gasteiger charge is -2.31. The first-order chi connectivity index (χ1) is 10.0. The summed E-state index contributed by atoms with van der Waals surface area (Å²) in [7, 11) is 0. The fraction of sp³-hybridized carbons (Fsp3) is 0.429. The van der Waals surface area contributed by atoms with E-state index in [2.05, 4.69) is 5.32 Å². The number of anilines is 1. The van der Waals surface area contributed by atoms with Crippen molar-refractivity contribution in [3.05, 3.63) is 18.2 Å². The summed E-state index contributed by atoms with van der Waals surface area (Å²) in [5, 5.41) is 12.0. The van der Waals surface area contributed by atoms with Crippen molar-refractivity contribution in [3.63, 3.8) is 0 Å². The average molecular weight is 292 g/mol. The summed E-state index contributed by atoms with van der Waals surface area (Å²) in [6.45, 7) is 2.16. The number of carboxylic acid groups (broad SMARTS) is 1. The molecule has 0 aliphatic carbocycles. The van der Waals surface area contributed by atoms with Gasteiger partial charge in [-0.05, 0) is 31.9 Å². The van der Waals surface area contributed by atoms with Gasteiger partial charge in [-0.3, -0.25) is 0 Å². The minimum atomic E-state index is -1.15. The Hall–Kier alpha value is -2.44. The van der Waals surface area contributed by atoms with Crippen molar-refractivity contribution < 1.29 is 24.2 Å². The number of carboxylic acids is 1. The van der Waals surface area contributed by atoms with Crippen LogP contribution in [0.5, 0.6) is 11.5 Å². The summed E-state index contributed by atoms with van der Waals surface area (Å²) < 4.78 is 10.4.